The largest absolute Gasteiger partial charge is 0.545 e. The van der Waals surface area contributed by atoms with Crippen molar-refractivity contribution in [2.24, 2.45) is 0 Å². The Bertz CT molecular complexity index is 1240. The van der Waals surface area contributed by atoms with Gasteiger partial charge in [0.25, 0.3) is 0 Å². The Kier molecular flexibility index (Phi) is 19.1. The molecule has 0 fully saturated rings. The first-order chi connectivity index (χ1) is 20.9. The zero-order valence-corrected chi connectivity index (χ0v) is 28.5. The van der Waals surface area contributed by atoms with Gasteiger partial charge in [-0.15, -0.1) is 0 Å². The van der Waals surface area contributed by atoms with Crippen LogP contribution in [0.15, 0.2) is 97.1 Å². The van der Waals surface area contributed by atoms with E-state index in [1.165, 1.54) is 77.0 Å². The predicted molar refractivity (Wildman–Crippen MR) is 155 cm³/mol. The fourth-order valence-electron chi connectivity index (χ4n) is 2.91. The van der Waals surface area contributed by atoms with E-state index in [0.29, 0.717) is 23.0 Å². The van der Waals surface area contributed by atoms with Gasteiger partial charge in [0.1, 0.15) is 23.0 Å². The first-order valence-electron chi connectivity index (χ1n) is 12.4. The summed E-state index contributed by atoms with van der Waals surface area (Å²) >= 11 is 0. The molecule has 0 aliphatic carbocycles. The Morgan fingerprint density at radius 1 is 0.356 bits per heavy atom. The Hall–Kier alpha value is -5.12. The summed E-state index contributed by atoms with van der Waals surface area (Å²) in [5, 5.41) is 41.0. The van der Waals surface area contributed by atoms with Gasteiger partial charge in [-0.2, -0.15) is 0 Å². The van der Waals surface area contributed by atoms with E-state index in [1.54, 1.807) is 48.5 Å². The van der Waals surface area contributed by atoms with Gasteiger partial charge in [-0.3, -0.25) is 0 Å². The molecule has 0 N–H and O–H groups in total. The number of aromatic carboxylic acids is 4. The third-order valence-electron chi connectivity index (χ3n) is 5.30. The second-order valence-corrected chi connectivity index (χ2v) is 8.06. The number of hydrogen-bond acceptors (Lipinski definition) is 12. The summed E-state index contributed by atoms with van der Waals surface area (Å²) in [6.07, 6.45) is 0. The molecule has 4 rings (SSSR count). The van der Waals surface area contributed by atoms with E-state index in [2.05, 4.69) is 0 Å². The van der Waals surface area contributed by atoms with E-state index >= 15 is 0 Å². The van der Waals surface area contributed by atoms with E-state index in [0.717, 1.165) is 0 Å². The molecule has 0 aromatic heterocycles. The van der Waals surface area contributed by atoms with Gasteiger partial charge in [-0.25, -0.2) is 0 Å². The zero-order chi connectivity index (χ0) is 33.1. The topological polar surface area (TPSA) is 197 Å². The number of ether oxygens (including phenoxy) is 4. The van der Waals surface area contributed by atoms with Gasteiger partial charge in [0.2, 0.25) is 0 Å². The van der Waals surface area contributed by atoms with Crippen molar-refractivity contribution in [1.29, 1.82) is 0 Å². The maximum absolute atomic E-state index is 10.2. The van der Waals surface area contributed by atoms with Crippen LogP contribution >= 0.6 is 0 Å². The number of methoxy groups -OCH3 is 4. The van der Waals surface area contributed by atoms with E-state index in [4.69, 9.17) is 18.9 Å². The number of carbonyl (C=O) groups excluding carboxylic acids is 4. The van der Waals surface area contributed by atoms with Crippen molar-refractivity contribution in [3.8, 4) is 23.0 Å². The number of carboxylic acids is 4. The summed E-state index contributed by atoms with van der Waals surface area (Å²) in [5.41, 5.74) is 0.633. The molecular weight excluding hydrogens is 784 g/mol. The molecule has 13 heteroatoms. The van der Waals surface area contributed by atoms with Crippen LogP contribution in [0.2, 0.25) is 0 Å². The molecule has 0 unspecified atom stereocenters. The SMILES string of the molecule is COc1ccc(C(=O)[O-])cc1.COc1ccc(C(=O)[O-])cc1.COc1ccc(C(=O)[O-])cc1.COc1ccc(C(=O)[O-])cc1.[Pb]. The molecule has 4 radical (unpaired) electrons. The zero-order valence-electron chi connectivity index (χ0n) is 24.6. The van der Waals surface area contributed by atoms with Crippen LogP contribution in [-0.4, -0.2) is 79.6 Å². The van der Waals surface area contributed by atoms with Gasteiger partial charge in [0.05, 0.1) is 52.3 Å². The minimum Gasteiger partial charge on any atom is -0.545 e. The van der Waals surface area contributed by atoms with Gasteiger partial charge in [-0.1, -0.05) is 0 Å². The Balaban J connectivity index is 0.000000569. The van der Waals surface area contributed by atoms with Gasteiger partial charge >= 0.3 is 0 Å². The van der Waals surface area contributed by atoms with Gasteiger partial charge < -0.3 is 58.6 Å². The molecule has 4 aromatic rings. The van der Waals surface area contributed by atoms with Crippen molar-refractivity contribution in [1.82, 2.24) is 0 Å². The monoisotopic (exact) mass is 812 g/mol. The van der Waals surface area contributed by atoms with Crippen LogP contribution in [0.3, 0.4) is 0 Å². The van der Waals surface area contributed by atoms with Crippen molar-refractivity contribution in [3.05, 3.63) is 119 Å². The van der Waals surface area contributed by atoms with E-state index < -0.39 is 23.9 Å². The molecule has 0 atom stereocenters. The van der Waals surface area contributed by atoms with E-state index in [-0.39, 0.29) is 49.6 Å². The van der Waals surface area contributed by atoms with Crippen LogP contribution in [0, 0.1) is 0 Å². The van der Waals surface area contributed by atoms with Crippen molar-refractivity contribution in [2.45, 2.75) is 0 Å². The first-order valence-corrected chi connectivity index (χ1v) is 12.4. The normalized spacial score (nSPS) is 8.98. The van der Waals surface area contributed by atoms with Crippen molar-refractivity contribution in [3.63, 3.8) is 0 Å². The molecule has 0 heterocycles. The smallest absolute Gasteiger partial charge is 0.118 e. The van der Waals surface area contributed by atoms with Crippen LogP contribution in [0.25, 0.3) is 0 Å². The Morgan fingerprint density at radius 2 is 0.489 bits per heavy atom. The second kappa shape index (κ2) is 21.6. The van der Waals surface area contributed by atoms with Crippen LogP contribution in [0.1, 0.15) is 41.4 Å². The van der Waals surface area contributed by atoms with Crippen molar-refractivity contribution in [2.75, 3.05) is 28.4 Å². The van der Waals surface area contributed by atoms with Gasteiger partial charge in [0, 0.05) is 27.3 Å². The van der Waals surface area contributed by atoms with Crippen LogP contribution in [0.4, 0.5) is 0 Å². The Morgan fingerprint density at radius 3 is 0.578 bits per heavy atom. The summed E-state index contributed by atoms with van der Waals surface area (Å²) in [5.74, 6) is -2.16. The fraction of sp³-hybridized carbons (Fsp3) is 0.125. The third-order valence-corrected chi connectivity index (χ3v) is 5.30. The molecule has 4 aromatic carbocycles. The molecule has 0 spiro atoms. The quantitative estimate of drug-likeness (QED) is 0.214. The fourth-order valence-corrected chi connectivity index (χ4v) is 2.91. The molecule has 0 saturated heterocycles. The van der Waals surface area contributed by atoms with Crippen molar-refractivity contribution >= 4 is 51.2 Å². The molecule has 0 aliphatic heterocycles. The molecular formula is C32H28O12Pb-4. The summed E-state index contributed by atoms with van der Waals surface area (Å²) < 4.78 is 19.3. The summed E-state index contributed by atoms with van der Waals surface area (Å²) in [6.45, 7) is 0. The number of hydrogen-bond donors (Lipinski definition) is 0. The van der Waals surface area contributed by atoms with Gasteiger partial charge in [0.15, 0.2) is 0 Å². The summed E-state index contributed by atoms with van der Waals surface area (Å²) in [4.78, 5) is 41.0. The first kappa shape index (κ1) is 39.9. The maximum Gasteiger partial charge on any atom is 0.118 e. The molecule has 236 valence electrons. The summed E-state index contributed by atoms with van der Waals surface area (Å²) in [7, 11) is 6.09. The second-order valence-electron chi connectivity index (χ2n) is 8.06. The molecule has 12 nitrogen and oxygen atoms in total. The molecule has 0 amide bonds. The number of carbonyl (C=O) groups is 4. The predicted octanol–water partition coefficient (Wildman–Crippen LogP) is -0.146. The number of carboxylic acid groups (broad SMARTS) is 4. The van der Waals surface area contributed by atoms with E-state index in [9.17, 15) is 39.6 Å². The molecule has 0 saturated carbocycles. The maximum atomic E-state index is 10.2. The van der Waals surface area contributed by atoms with Gasteiger partial charge in [-0.05, 0) is 119 Å². The molecule has 0 aliphatic rings. The average Bonchev–Trinajstić information content (AvgIpc) is 3.05. The number of rotatable bonds is 8. The molecule has 45 heavy (non-hydrogen) atoms. The van der Waals surface area contributed by atoms with Crippen LogP contribution < -0.4 is 39.4 Å². The summed E-state index contributed by atoms with van der Waals surface area (Å²) in [6, 6.07) is 24.1. The van der Waals surface area contributed by atoms with Crippen molar-refractivity contribution < 1.29 is 58.6 Å². The minimum atomic E-state index is -1.17. The molecule has 0 bridgehead atoms. The Labute approximate surface area is 279 Å². The average molecular weight is 812 g/mol. The number of benzene rings is 4. The van der Waals surface area contributed by atoms with E-state index in [1.807, 2.05) is 0 Å². The third kappa shape index (κ3) is 15.3. The minimum absolute atomic E-state index is 0. The van der Waals surface area contributed by atoms with Crippen LogP contribution in [0.5, 0.6) is 23.0 Å². The van der Waals surface area contributed by atoms with Crippen LogP contribution in [-0.2, 0) is 0 Å². The standard InChI is InChI=1S/4C8H8O3.Pb/c4*1-11-7-4-2-6(3-5-7)8(9)10;/h4*2-5H,1H3,(H,9,10);/p-4.